The Morgan fingerprint density at radius 2 is 2.24 bits per heavy atom. The number of halogens is 1. The molecule has 94 valence electrons. The predicted octanol–water partition coefficient (Wildman–Crippen LogP) is 2.82. The Morgan fingerprint density at radius 3 is 2.82 bits per heavy atom. The number of nitrogens with one attached hydrogen (secondary N) is 1. The van der Waals surface area contributed by atoms with Gasteiger partial charge in [0.25, 0.3) is 0 Å². The van der Waals surface area contributed by atoms with Gasteiger partial charge in [-0.3, -0.25) is 0 Å². The van der Waals surface area contributed by atoms with E-state index in [0.717, 1.165) is 6.54 Å². The van der Waals surface area contributed by atoms with Crippen LogP contribution >= 0.6 is 11.8 Å². The molecule has 0 radical (unpaired) electrons. The van der Waals surface area contributed by atoms with Crippen molar-refractivity contribution in [1.29, 1.82) is 0 Å². The molecule has 4 heteroatoms. The molecule has 1 fully saturated rings. The van der Waals surface area contributed by atoms with Gasteiger partial charge in [-0.05, 0) is 25.2 Å². The highest BCUT2D eigenvalue weighted by molar-refractivity contribution is 8.00. The second-order valence-corrected chi connectivity index (χ2v) is 5.70. The van der Waals surface area contributed by atoms with E-state index < -0.39 is 0 Å². The molecule has 17 heavy (non-hydrogen) atoms. The third-order valence-corrected chi connectivity index (χ3v) is 4.69. The van der Waals surface area contributed by atoms with Crippen molar-refractivity contribution in [3.8, 4) is 5.75 Å². The van der Waals surface area contributed by atoms with Crippen molar-refractivity contribution in [3.63, 3.8) is 0 Å². The summed E-state index contributed by atoms with van der Waals surface area (Å²) in [7, 11) is 1.49. The normalized spacial score (nSPS) is 16.9. The molecule has 1 aliphatic carbocycles. The highest BCUT2D eigenvalue weighted by Gasteiger charge is 2.41. The molecule has 0 heterocycles. The van der Waals surface area contributed by atoms with E-state index in [1.807, 2.05) is 17.8 Å². The van der Waals surface area contributed by atoms with E-state index in [9.17, 15) is 4.39 Å². The number of methoxy groups -OCH3 is 1. The van der Waals surface area contributed by atoms with Gasteiger partial charge in [0.2, 0.25) is 0 Å². The Labute approximate surface area is 106 Å². The number of thioether (sulfide) groups is 1. The second-order valence-electron chi connectivity index (χ2n) is 4.42. The van der Waals surface area contributed by atoms with Crippen LogP contribution < -0.4 is 10.1 Å². The standard InChI is InChI=1S/C13H18FNOS/c1-16-11-5-3-4-10(12(11)14)8-15-9-13(17-2)6-7-13/h3-5,15H,6-9H2,1-2H3. The molecule has 0 bridgehead atoms. The van der Waals surface area contributed by atoms with Gasteiger partial charge in [0.1, 0.15) is 0 Å². The van der Waals surface area contributed by atoms with Crippen LogP contribution in [-0.2, 0) is 6.54 Å². The summed E-state index contributed by atoms with van der Waals surface area (Å²) in [6, 6.07) is 5.26. The summed E-state index contributed by atoms with van der Waals surface area (Å²) in [5.41, 5.74) is 0.668. The molecule has 1 saturated carbocycles. The van der Waals surface area contributed by atoms with Gasteiger partial charge in [-0.15, -0.1) is 0 Å². The van der Waals surface area contributed by atoms with Crippen LogP contribution in [-0.4, -0.2) is 24.7 Å². The monoisotopic (exact) mass is 255 g/mol. The molecule has 1 aromatic rings. The summed E-state index contributed by atoms with van der Waals surface area (Å²) in [6.45, 7) is 1.51. The van der Waals surface area contributed by atoms with Crippen LogP contribution in [0.15, 0.2) is 18.2 Å². The summed E-state index contributed by atoms with van der Waals surface area (Å²) in [4.78, 5) is 0. The number of ether oxygens (including phenoxy) is 1. The first kappa shape index (κ1) is 12.7. The molecule has 2 rings (SSSR count). The molecule has 1 aliphatic rings. The Bertz CT molecular complexity index is 393. The third-order valence-electron chi connectivity index (χ3n) is 3.27. The Kier molecular flexibility index (Phi) is 3.94. The lowest BCUT2D eigenvalue weighted by Crippen LogP contribution is -2.25. The van der Waals surface area contributed by atoms with Crippen LogP contribution in [0.2, 0.25) is 0 Å². The van der Waals surface area contributed by atoms with Gasteiger partial charge in [0, 0.05) is 23.4 Å². The van der Waals surface area contributed by atoms with Gasteiger partial charge in [-0.1, -0.05) is 12.1 Å². The lowest BCUT2D eigenvalue weighted by atomic mass is 10.2. The SMILES string of the molecule is COc1cccc(CNCC2(SC)CC2)c1F. The maximum Gasteiger partial charge on any atom is 0.169 e. The fourth-order valence-electron chi connectivity index (χ4n) is 1.87. The minimum Gasteiger partial charge on any atom is -0.494 e. The lowest BCUT2D eigenvalue weighted by Gasteiger charge is -2.13. The maximum absolute atomic E-state index is 13.8. The highest BCUT2D eigenvalue weighted by atomic mass is 32.2. The van der Waals surface area contributed by atoms with E-state index in [-0.39, 0.29) is 5.82 Å². The maximum atomic E-state index is 13.8. The summed E-state index contributed by atoms with van der Waals surface area (Å²) in [5.74, 6) is 0.0619. The smallest absolute Gasteiger partial charge is 0.169 e. The minimum absolute atomic E-state index is 0.253. The van der Waals surface area contributed by atoms with Crippen LogP contribution in [0.1, 0.15) is 18.4 Å². The van der Waals surface area contributed by atoms with E-state index in [1.165, 1.54) is 20.0 Å². The molecule has 1 aromatic carbocycles. The van der Waals surface area contributed by atoms with E-state index in [4.69, 9.17) is 4.74 Å². The largest absolute Gasteiger partial charge is 0.494 e. The molecule has 0 atom stereocenters. The number of hydrogen-bond acceptors (Lipinski definition) is 3. The molecule has 2 nitrogen and oxygen atoms in total. The minimum atomic E-state index is -0.253. The lowest BCUT2D eigenvalue weighted by molar-refractivity contribution is 0.383. The molecule has 0 saturated heterocycles. The van der Waals surface area contributed by atoms with Gasteiger partial charge >= 0.3 is 0 Å². The van der Waals surface area contributed by atoms with Gasteiger partial charge < -0.3 is 10.1 Å². The van der Waals surface area contributed by atoms with Crippen molar-refractivity contribution in [1.82, 2.24) is 5.32 Å². The van der Waals surface area contributed by atoms with Crippen molar-refractivity contribution >= 4 is 11.8 Å². The fraction of sp³-hybridized carbons (Fsp3) is 0.538. The highest BCUT2D eigenvalue weighted by Crippen LogP contribution is 2.46. The quantitative estimate of drug-likeness (QED) is 0.844. The topological polar surface area (TPSA) is 21.3 Å². The molecule has 0 aromatic heterocycles. The van der Waals surface area contributed by atoms with E-state index in [0.29, 0.717) is 22.6 Å². The van der Waals surface area contributed by atoms with Crippen molar-refractivity contribution in [2.75, 3.05) is 19.9 Å². The van der Waals surface area contributed by atoms with Crippen molar-refractivity contribution in [2.45, 2.75) is 24.1 Å². The van der Waals surface area contributed by atoms with Crippen molar-refractivity contribution in [3.05, 3.63) is 29.6 Å². The van der Waals surface area contributed by atoms with Gasteiger partial charge in [0.05, 0.1) is 7.11 Å². The van der Waals surface area contributed by atoms with E-state index in [2.05, 4.69) is 11.6 Å². The molecule has 1 N–H and O–H groups in total. The van der Waals surface area contributed by atoms with Gasteiger partial charge in [-0.2, -0.15) is 11.8 Å². The average molecular weight is 255 g/mol. The van der Waals surface area contributed by atoms with E-state index >= 15 is 0 Å². The average Bonchev–Trinajstić information content (AvgIpc) is 3.12. The summed E-state index contributed by atoms with van der Waals surface area (Å²) >= 11 is 1.90. The van der Waals surface area contributed by atoms with Crippen molar-refractivity contribution < 1.29 is 9.13 Å². The number of rotatable bonds is 6. The van der Waals surface area contributed by atoms with Crippen LogP contribution in [0.3, 0.4) is 0 Å². The molecular formula is C13H18FNOS. The Balaban J connectivity index is 1.90. The summed E-state index contributed by atoms with van der Waals surface area (Å²) < 4.78 is 19.2. The van der Waals surface area contributed by atoms with Gasteiger partial charge in [-0.25, -0.2) is 4.39 Å². The van der Waals surface area contributed by atoms with Crippen LogP contribution in [0.25, 0.3) is 0 Å². The van der Waals surface area contributed by atoms with Crippen LogP contribution in [0.5, 0.6) is 5.75 Å². The Hall–Kier alpha value is -0.740. The third kappa shape index (κ3) is 2.93. The Morgan fingerprint density at radius 1 is 1.47 bits per heavy atom. The predicted molar refractivity (Wildman–Crippen MR) is 70.1 cm³/mol. The van der Waals surface area contributed by atoms with E-state index in [1.54, 1.807) is 12.1 Å². The van der Waals surface area contributed by atoms with Gasteiger partial charge in [0.15, 0.2) is 11.6 Å². The first-order valence-corrected chi connectivity index (χ1v) is 7.00. The first-order valence-electron chi connectivity index (χ1n) is 5.78. The summed E-state index contributed by atoms with van der Waals surface area (Å²) in [6.07, 6.45) is 4.67. The zero-order valence-corrected chi connectivity index (χ0v) is 11.1. The molecule has 0 amide bonds. The number of hydrogen-bond donors (Lipinski definition) is 1. The van der Waals surface area contributed by atoms with Crippen LogP contribution in [0, 0.1) is 5.82 Å². The summed E-state index contributed by atoms with van der Waals surface area (Å²) in [5, 5.41) is 3.33. The number of benzene rings is 1. The molecular weight excluding hydrogens is 237 g/mol. The van der Waals surface area contributed by atoms with Crippen LogP contribution in [0.4, 0.5) is 4.39 Å². The molecule has 0 spiro atoms. The fourth-order valence-corrected chi connectivity index (χ4v) is 2.62. The molecule has 0 unspecified atom stereocenters. The molecule has 0 aliphatic heterocycles. The first-order chi connectivity index (χ1) is 8.21. The zero-order chi connectivity index (χ0) is 12.3. The second kappa shape index (κ2) is 5.27. The van der Waals surface area contributed by atoms with Crippen molar-refractivity contribution in [2.24, 2.45) is 0 Å². The zero-order valence-electron chi connectivity index (χ0n) is 10.3.